The third kappa shape index (κ3) is 4.84. The van der Waals surface area contributed by atoms with Crippen molar-refractivity contribution in [2.45, 2.75) is 32.7 Å². The summed E-state index contributed by atoms with van der Waals surface area (Å²) >= 11 is 0. The van der Waals surface area contributed by atoms with Crippen LogP contribution in [0.4, 0.5) is 5.69 Å². The fourth-order valence-corrected chi connectivity index (χ4v) is 2.82. The zero-order chi connectivity index (χ0) is 13.5. The Kier molecular flexibility index (Phi) is 5.67. The highest BCUT2D eigenvalue weighted by molar-refractivity contribution is 5.40. The van der Waals surface area contributed by atoms with Gasteiger partial charge in [-0.25, -0.2) is 0 Å². The molecule has 0 unspecified atom stereocenters. The molecular weight excluding hydrogens is 234 g/mol. The standard InChI is InChI=1S/C16H27N3/c1-2-8-19(12-11-18-9-3-4-10-18)14-15-6-5-7-16(17)13-15/h5-7,13H,2-4,8-12,14,17H2,1H3. The van der Waals surface area contributed by atoms with Crippen LogP contribution in [0.25, 0.3) is 0 Å². The SMILES string of the molecule is CCCN(CCN1CCCC1)Cc1cccc(N)c1. The summed E-state index contributed by atoms with van der Waals surface area (Å²) in [7, 11) is 0. The fourth-order valence-electron chi connectivity index (χ4n) is 2.82. The Balaban J connectivity index is 1.84. The van der Waals surface area contributed by atoms with Gasteiger partial charge in [-0.2, -0.15) is 0 Å². The molecule has 1 aromatic rings. The summed E-state index contributed by atoms with van der Waals surface area (Å²) in [5.74, 6) is 0. The minimum Gasteiger partial charge on any atom is -0.399 e. The van der Waals surface area contributed by atoms with Crippen molar-refractivity contribution in [3.05, 3.63) is 29.8 Å². The molecule has 1 aliphatic rings. The van der Waals surface area contributed by atoms with Gasteiger partial charge in [0.1, 0.15) is 0 Å². The van der Waals surface area contributed by atoms with E-state index in [9.17, 15) is 0 Å². The quantitative estimate of drug-likeness (QED) is 0.766. The molecule has 3 heteroatoms. The Bertz CT molecular complexity index is 372. The van der Waals surface area contributed by atoms with E-state index in [1.165, 1.54) is 57.5 Å². The third-order valence-electron chi connectivity index (χ3n) is 3.83. The predicted molar refractivity (Wildman–Crippen MR) is 82.1 cm³/mol. The molecule has 2 N–H and O–H groups in total. The van der Waals surface area contributed by atoms with Crippen LogP contribution in [0.3, 0.4) is 0 Å². The molecule has 1 aromatic carbocycles. The average Bonchev–Trinajstić information content (AvgIpc) is 2.89. The molecular formula is C16H27N3. The van der Waals surface area contributed by atoms with Gasteiger partial charge in [0.25, 0.3) is 0 Å². The van der Waals surface area contributed by atoms with Crippen LogP contribution in [-0.2, 0) is 6.54 Å². The van der Waals surface area contributed by atoms with Gasteiger partial charge in [-0.1, -0.05) is 19.1 Å². The lowest BCUT2D eigenvalue weighted by molar-refractivity contribution is 0.219. The smallest absolute Gasteiger partial charge is 0.0317 e. The minimum atomic E-state index is 0.869. The molecule has 0 radical (unpaired) electrons. The number of hydrogen-bond acceptors (Lipinski definition) is 3. The molecule has 1 saturated heterocycles. The molecule has 106 valence electrons. The summed E-state index contributed by atoms with van der Waals surface area (Å²) in [6.45, 7) is 9.40. The highest BCUT2D eigenvalue weighted by Gasteiger charge is 2.13. The molecule has 0 aliphatic carbocycles. The second-order valence-corrected chi connectivity index (χ2v) is 5.57. The van der Waals surface area contributed by atoms with E-state index in [4.69, 9.17) is 5.73 Å². The van der Waals surface area contributed by atoms with Gasteiger partial charge in [-0.15, -0.1) is 0 Å². The van der Waals surface area contributed by atoms with E-state index in [1.807, 2.05) is 6.07 Å². The second-order valence-electron chi connectivity index (χ2n) is 5.57. The van der Waals surface area contributed by atoms with Crippen molar-refractivity contribution in [1.82, 2.24) is 9.80 Å². The first-order valence-electron chi connectivity index (χ1n) is 7.57. The zero-order valence-electron chi connectivity index (χ0n) is 12.1. The molecule has 0 bridgehead atoms. The number of likely N-dealkylation sites (tertiary alicyclic amines) is 1. The molecule has 19 heavy (non-hydrogen) atoms. The number of anilines is 1. The molecule has 2 rings (SSSR count). The van der Waals surface area contributed by atoms with Crippen LogP contribution in [0, 0.1) is 0 Å². The van der Waals surface area contributed by atoms with Gasteiger partial charge in [-0.05, 0) is 56.6 Å². The summed E-state index contributed by atoms with van der Waals surface area (Å²) in [5.41, 5.74) is 8.05. The Labute approximate surface area is 117 Å². The monoisotopic (exact) mass is 261 g/mol. The highest BCUT2D eigenvalue weighted by Crippen LogP contribution is 2.11. The van der Waals surface area contributed by atoms with E-state index in [1.54, 1.807) is 0 Å². The summed E-state index contributed by atoms with van der Waals surface area (Å²) < 4.78 is 0. The van der Waals surface area contributed by atoms with Crippen LogP contribution in [0.5, 0.6) is 0 Å². The van der Waals surface area contributed by atoms with Crippen molar-refractivity contribution in [1.29, 1.82) is 0 Å². The summed E-state index contributed by atoms with van der Waals surface area (Å²) in [6, 6.07) is 8.28. The number of benzene rings is 1. The number of nitrogens with zero attached hydrogens (tertiary/aromatic N) is 2. The lowest BCUT2D eigenvalue weighted by Gasteiger charge is -2.25. The summed E-state index contributed by atoms with van der Waals surface area (Å²) in [6.07, 6.45) is 3.97. The van der Waals surface area contributed by atoms with Crippen LogP contribution in [-0.4, -0.2) is 42.5 Å². The first-order chi connectivity index (χ1) is 9.28. The summed E-state index contributed by atoms with van der Waals surface area (Å²) in [5, 5.41) is 0. The van der Waals surface area contributed by atoms with Crippen LogP contribution in [0.1, 0.15) is 31.7 Å². The van der Waals surface area contributed by atoms with Gasteiger partial charge >= 0.3 is 0 Å². The van der Waals surface area contributed by atoms with Gasteiger partial charge < -0.3 is 10.6 Å². The minimum absolute atomic E-state index is 0.869. The number of nitrogens with two attached hydrogens (primary N) is 1. The molecule has 1 heterocycles. The Morgan fingerprint density at radius 3 is 2.68 bits per heavy atom. The first-order valence-corrected chi connectivity index (χ1v) is 7.57. The van der Waals surface area contributed by atoms with E-state index in [2.05, 4.69) is 34.9 Å². The van der Waals surface area contributed by atoms with E-state index in [0.29, 0.717) is 0 Å². The van der Waals surface area contributed by atoms with Crippen molar-refractivity contribution in [2.24, 2.45) is 0 Å². The largest absolute Gasteiger partial charge is 0.399 e. The lowest BCUT2D eigenvalue weighted by Crippen LogP contribution is -2.34. The number of nitrogen functional groups attached to an aromatic ring is 1. The van der Waals surface area contributed by atoms with Crippen LogP contribution in [0.15, 0.2) is 24.3 Å². The molecule has 3 nitrogen and oxygen atoms in total. The second kappa shape index (κ2) is 7.51. The van der Waals surface area contributed by atoms with Crippen molar-refractivity contribution >= 4 is 5.69 Å². The number of rotatable bonds is 7. The fraction of sp³-hybridized carbons (Fsp3) is 0.625. The molecule has 0 saturated carbocycles. The molecule has 0 amide bonds. The Morgan fingerprint density at radius 2 is 2.00 bits per heavy atom. The van der Waals surface area contributed by atoms with Crippen LogP contribution < -0.4 is 5.73 Å². The van der Waals surface area contributed by atoms with Gasteiger partial charge in [0.05, 0.1) is 0 Å². The molecule has 0 atom stereocenters. The molecule has 1 fully saturated rings. The maximum atomic E-state index is 5.86. The van der Waals surface area contributed by atoms with Crippen molar-refractivity contribution < 1.29 is 0 Å². The van der Waals surface area contributed by atoms with Crippen molar-refractivity contribution in [3.8, 4) is 0 Å². The van der Waals surface area contributed by atoms with E-state index >= 15 is 0 Å². The average molecular weight is 261 g/mol. The lowest BCUT2D eigenvalue weighted by atomic mass is 10.2. The third-order valence-corrected chi connectivity index (χ3v) is 3.83. The molecule has 1 aliphatic heterocycles. The topological polar surface area (TPSA) is 32.5 Å². The highest BCUT2D eigenvalue weighted by atomic mass is 15.2. The summed E-state index contributed by atoms with van der Waals surface area (Å²) in [4.78, 5) is 5.13. The van der Waals surface area contributed by atoms with Crippen molar-refractivity contribution in [2.75, 3.05) is 38.5 Å². The normalized spacial score (nSPS) is 16.3. The maximum absolute atomic E-state index is 5.86. The molecule has 0 aromatic heterocycles. The van der Waals surface area contributed by atoms with Gasteiger partial charge in [-0.3, -0.25) is 4.90 Å². The number of hydrogen-bond donors (Lipinski definition) is 1. The Hall–Kier alpha value is -1.06. The van der Waals surface area contributed by atoms with Gasteiger partial charge in [0.2, 0.25) is 0 Å². The first kappa shape index (κ1) is 14.4. The van der Waals surface area contributed by atoms with Crippen molar-refractivity contribution in [3.63, 3.8) is 0 Å². The predicted octanol–water partition coefficient (Wildman–Crippen LogP) is 2.58. The van der Waals surface area contributed by atoms with Gasteiger partial charge in [0.15, 0.2) is 0 Å². The maximum Gasteiger partial charge on any atom is 0.0317 e. The van der Waals surface area contributed by atoms with E-state index < -0.39 is 0 Å². The Morgan fingerprint density at radius 1 is 1.21 bits per heavy atom. The van der Waals surface area contributed by atoms with E-state index in [0.717, 1.165) is 12.2 Å². The van der Waals surface area contributed by atoms with Crippen LogP contribution >= 0.6 is 0 Å². The van der Waals surface area contributed by atoms with E-state index in [-0.39, 0.29) is 0 Å². The van der Waals surface area contributed by atoms with Gasteiger partial charge in [0, 0.05) is 25.3 Å². The van der Waals surface area contributed by atoms with Crippen LogP contribution in [0.2, 0.25) is 0 Å². The molecule has 0 spiro atoms. The zero-order valence-corrected chi connectivity index (χ0v) is 12.1.